The fourth-order valence-corrected chi connectivity index (χ4v) is 4.55. The lowest BCUT2D eigenvalue weighted by Gasteiger charge is -2.43. The van der Waals surface area contributed by atoms with Crippen LogP contribution in [0.5, 0.6) is 17.2 Å². The number of hydrogen-bond acceptors (Lipinski definition) is 4. The van der Waals surface area contributed by atoms with Gasteiger partial charge in [-0.3, -0.25) is 4.79 Å². The van der Waals surface area contributed by atoms with Gasteiger partial charge in [-0.05, 0) is 23.6 Å². The summed E-state index contributed by atoms with van der Waals surface area (Å²) in [6, 6.07) is 10.2. The molecule has 1 unspecified atom stereocenters. The molecule has 0 spiro atoms. The highest BCUT2D eigenvalue weighted by molar-refractivity contribution is 5.96. The van der Waals surface area contributed by atoms with Crippen LogP contribution in [0.3, 0.4) is 0 Å². The fourth-order valence-electron chi connectivity index (χ4n) is 4.55. The third kappa shape index (κ3) is 3.60. The van der Waals surface area contributed by atoms with Gasteiger partial charge in [-0.2, -0.15) is 0 Å². The number of likely N-dealkylation sites (N-methyl/N-ethyl adjacent to an activating group) is 1. The van der Waals surface area contributed by atoms with Gasteiger partial charge in [-0.15, -0.1) is 0 Å². The predicted octanol–water partition coefficient (Wildman–Crippen LogP) is 4.32. The van der Waals surface area contributed by atoms with E-state index < -0.39 is 0 Å². The molecule has 1 atom stereocenters. The molecule has 0 amide bonds. The van der Waals surface area contributed by atoms with Crippen LogP contribution in [0.25, 0.3) is 0 Å². The molecule has 0 aliphatic carbocycles. The number of quaternary nitrogens is 1. The van der Waals surface area contributed by atoms with Gasteiger partial charge in [0.2, 0.25) is 12.5 Å². The van der Waals surface area contributed by atoms with E-state index in [2.05, 4.69) is 39.2 Å². The van der Waals surface area contributed by atoms with E-state index in [0.29, 0.717) is 12.2 Å². The summed E-state index contributed by atoms with van der Waals surface area (Å²) < 4.78 is 17.8. The Morgan fingerprint density at radius 3 is 2.66 bits per heavy atom. The van der Waals surface area contributed by atoms with Gasteiger partial charge in [0.1, 0.15) is 6.04 Å². The summed E-state index contributed by atoms with van der Waals surface area (Å²) in [5, 5.41) is 0. The molecule has 2 heterocycles. The quantitative estimate of drug-likeness (QED) is 0.539. The summed E-state index contributed by atoms with van der Waals surface area (Å²) in [7, 11) is 6.04. The Hall–Kier alpha value is -2.53. The SMILES string of the molecule is CCCc1ccc(C(=O)CC2c3c(cc4c(c3OC)OCO4)CC[N+]2(C)C)cc1. The van der Waals surface area contributed by atoms with Crippen LogP contribution in [0.4, 0.5) is 0 Å². The average molecular weight is 397 g/mol. The highest BCUT2D eigenvalue weighted by Crippen LogP contribution is 2.51. The molecule has 0 bridgehead atoms. The molecule has 2 aromatic rings. The number of benzene rings is 2. The van der Waals surface area contributed by atoms with E-state index in [-0.39, 0.29) is 18.6 Å². The Morgan fingerprint density at radius 1 is 1.21 bits per heavy atom. The van der Waals surface area contributed by atoms with Crippen molar-refractivity contribution in [1.29, 1.82) is 0 Å². The lowest BCUT2D eigenvalue weighted by Crippen LogP contribution is -2.48. The van der Waals surface area contributed by atoms with Crippen LogP contribution in [-0.4, -0.2) is 44.8 Å². The Bertz CT molecular complexity index is 917. The smallest absolute Gasteiger partial charge is 0.231 e. The molecule has 4 rings (SSSR count). The van der Waals surface area contributed by atoms with Crippen molar-refractivity contribution in [3.8, 4) is 17.2 Å². The predicted molar refractivity (Wildman–Crippen MR) is 112 cm³/mol. The summed E-state index contributed by atoms with van der Waals surface area (Å²) >= 11 is 0. The van der Waals surface area contributed by atoms with E-state index in [1.54, 1.807) is 7.11 Å². The molecule has 154 valence electrons. The minimum Gasteiger partial charge on any atom is -0.492 e. The largest absolute Gasteiger partial charge is 0.492 e. The van der Waals surface area contributed by atoms with Gasteiger partial charge in [0, 0.05) is 12.0 Å². The zero-order chi connectivity index (χ0) is 20.6. The number of fused-ring (bicyclic) bond motifs is 2. The van der Waals surface area contributed by atoms with Crippen molar-refractivity contribution in [3.05, 3.63) is 52.6 Å². The molecule has 0 saturated heterocycles. The number of hydrogen-bond donors (Lipinski definition) is 0. The monoisotopic (exact) mass is 396 g/mol. The molecule has 2 aromatic carbocycles. The maximum absolute atomic E-state index is 13.2. The van der Waals surface area contributed by atoms with Gasteiger partial charge in [0.25, 0.3) is 0 Å². The van der Waals surface area contributed by atoms with E-state index in [0.717, 1.165) is 52.9 Å². The van der Waals surface area contributed by atoms with Crippen LogP contribution < -0.4 is 14.2 Å². The summed E-state index contributed by atoms with van der Waals surface area (Å²) in [5.74, 6) is 2.28. The van der Waals surface area contributed by atoms with Gasteiger partial charge < -0.3 is 18.7 Å². The lowest BCUT2D eigenvalue weighted by atomic mass is 9.85. The first-order valence-electron chi connectivity index (χ1n) is 10.4. The second-order valence-electron chi connectivity index (χ2n) is 8.56. The molecular weight excluding hydrogens is 366 g/mol. The molecule has 2 aliphatic heterocycles. The van der Waals surface area contributed by atoms with Crippen molar-refractivity contribution in [3.63, 3.8) is 0 Å². The molecular formula is C24H30NO4+. The van der Waals surface area contributed by atoms with Gasteiger partial charge >= 0.3 is 0 Å². The maximum atomic E-state index is 13.2. The van der Waals surface area contributed by atoms with Crippen molar-refractivity contribution in [1.82, 2.24) is 0 Å². The number of rotatable bonds is 6. The van der Waals surface area contributed by atoms with Gasteiger partial charge in [-0.1, -0.05) is 37.6 Å². The molecule has 5 heteroatoms. The molecule has 0 N–H and O–H groups in total. The number of Topliss-reactive ketones (excluding diaryl/α,β-unsaturated/α-hetero) is 1. The highest BCUT2D eigenvalue weighted by atomic mass is 16.7. The summed E-state index contributed by atoms with van der Waals surface area (Å²) in [5.41, 5.74) is 4.33. The van der Waals surface area contributed by atoms with Gasteiger partial charge in [-0.25, -0.2) is 0 Å². The van der Waals surface area contributed by atoms with Gasteiger partial charge in [0.05, 0.1) is 39.7 Å². The Kier molecular flexibility index (Phi) is 5.26. The van der Waals surface area contributed by atoms with Gasteiger partial charge in [0.15, 0.2) is 17.3 Å². The number of aryl methyl sites for hydroxylation is 1. The topological polar surface area (TPSA) is 44.8 Å². The second kappa shape index (κ2) is 7.71. The zero-order valence-electron chi connectivity index (χ0n) is 17.8. The van der Waals surface area contributed by atoms with Crippen LogP contribution in [0, 0.1) is 0 Å². The van der Waals surface area contributed by atoms with E-state index in [1.807, 2.05) is 12.1 Å². The van der Waals surface area contributed by atoms with Crippen LogP contribution >= 0.6 is 0 Å². The molecule has 0 radical (unpaired) electrons. The molecule has 0 aromatic heterocycles. The second-order valence-corrected chi connectivity index (χ2v) is 8.56. The minimum absolute atomic E-state index is 0.00557. The van der Waals surface area contributed by atoms with E-state index in [1.165, 1.54) is 11.1 Å². The normalized spacial score (nSPS) is 19.0. The molecule has 5 nitrogen and oxygen atoms in total. The molecule has 2 aliphatic rings. The molecule has 0 saturated carbocycles. The van der Waals surface area contributed by atoms with Crippen LogP contribution in [0.1, 0.15) is 52.9 Å². The van der Waals surface area contributed by atoms with Crippen molar-refractivity contribution < 1.29 is 23.5 Å². The number of nitrogens with zero attached hydrogens (tertiary/aromatic N) is 1. The first-order valence-corrected chi connectivity index (χ1v) is 10.4. The lowest BCUT2D eigenvalue weighted by molar-refractivity contribution is -0.922. The van der Waals surface area contributed by atoms with Crippen molar-refractivity contribution in [2.75, 3.05) is 34.5 Å². The van der Waals surface area contributed by atoms with E-state index >= 15 is 0 Å². The van der Waals surface area contributed by atoms with Crippen LogP contribution in [0.2, 0.25) is 0 Å². The van der Waals surface area contributed by atoms with E-state index in [4.69, 9.17) is 14.2 Å². The molecule has 29 heavy (non-hydrogen) atoms. The highest BCUT2D eigenvalue weighted by Gasteiger charge is 2.42. The average Bonchev–Trinajstić information content (AvgIpc) is 3.17. The first-order chi connectivity index (χ1) is 13.9. The molecule has 0 fully saturated rings. The van der Waals surface area contributed by atoms with Crippen molar-refractivity contribution in [2.24, 2.45) is 0 Å². The van der Waals surface area contributed by atoms with Crippen LogP contribution in [-0.2, 0) is 12.8 Å². The van der Waals surface area contributed by atoms with Crippen LogP contribution in [0.15, 0.2) is 30.3 Å². The Balaban J connectivity index is 1.69. The van der Waals surface area contributed by atoms with Crippen molar-refractivity contribution in [2.45, 2.75) is 38.6 Å². The summed E-state index contributed by atoms with van der Waals surface area (Å²) in [6.45, 7) is 3.34. The van der Waals surface area contributed by atoms with E-state index in [9.17, 15) is 4.79 Å². The summed E-state index contributed by atoms with van der Waals surface area (Å²) in [6.07, 6.45) is 3.50. The first kappa shape index (κ1) is 19.8. The number of carbonyl (C=O) groups excluding carboxylic acids is 1. The number of methoxy groups -OCH3 is 1. The summed E-state index contributed by atoms with van der Waals surface area (Å²) in [4.78, 5) is 13.2. The fraction of sp³-hybridized carbons (Fsp3) is 0.458. The number of carbonyl (C=O) groups is 1. The Labute approximate surface area is 172 Å². The number of ether oxygens (including phenoxy) is 3. The third-order valence-electron chi connectivity index (χ3n) is 6.28. The maximum Gasteiger partial charge on any atom is 0.231 e. The zero-order valence-corrected chi connectivity index (χ0v) is 17.8. The standard InChI is InChI=1S/C24H30NO4/c1-5-6-16-7-9-17(10-8-16)20(26)14-19-22-18(11-12-25(19,2)3)13-21-23(24(22)27-4)29-15-28-21/h7-10,13,19H,5-6,11-12,14-15H2,1-4H3/q+1. The van der Waals surface area contributed by atoms with Crippen molar-refractivity contribution >= 4 is 5.78 Å². The Morgan fingerprint density at radius 2 is 1.97 bits per heavy atom. The number of ketones is 1. The third-order valence-corrected chi connectivity index (χ3v) is 6.28. The minimum atomic E-state index is 0.00557.